The van der Waals surface area contributed by atoms with Gasteiger partial charge in [-0.15, -0.1) is 0 Å². The summed E-state index contributed by atoms with van der Waals surface area (Å²) in [5.41, 5.74) is 0. The van der Waals surface area contributed by atoms with E-state index in [9.17, 15) is 9.59 Å². The van der Waals surface area contributed by atoms with E-state index in [0.29, 0.717) is 19.4 Å². The van der Waals surface area contributed by atoms with Crippen LogP contribution in [0.4, 0.5) is 4.79 Å². The Morgan fingerprint density at radius 2 is 2.06 bits per heavy atom. The third-order valence-electron chi connectivity index (χ3n) is 3.83. The lowest BCUT2D eigenvalue weighted by Gasteiger charge is -2.29. The Kier molecular flexibility index (Phi) is 5.44. The molecule has 0 aromatic rings. The monoisotopic (exact) mass is 256 g/mol. The molecule has 2 N–H and O–H groups in total. The van der Waals surface area contributed by atoms with Crippen LogP contribution in [0.15, 0.2) is 0 Å². The van der Waals surface area contributed by atoms with Gasteiger partial charge in [0.25, 0.3) is 0 Å². The van der Waals surface area contributed by atoms with Crippen molar-refractivity contribution in [1.29, 1.82) is 0 Å². The van der Waals surface area contributed by atoms with Gasteiger partial charge in [0.15, 0.2) is 0 Å². The number of carbonyl (C=O) groups is 2. The second kappa shape index (κ2) is 6.61. The molecule has 1 unspecified atom stereocenters. The van der Waals surface area contributed by atoms with E-state index < -0.39 is 5.97 Å². The summed E-state index contributed by atoms with van der Waals surface area (Å²) < 4.78 is 0. The SMILES string of the molecule is CCC(C)N(CC)C(=O)N[C@H]1CC[C@@H](C(=O)O)C1. The Morgan fingerprint density at radius 3 is 2.50 bits per heavy atom. The molecule has 104 valence electrons. The number of rotatable bonds is 5. The highest BCUT2D eigenvalue weighted by atomic mass is 16.4. The molecule has 1 saturated carbocycles. The molecule has 1 aliphatic rings. The predicted octanol–water partition coefficient (Wildman–Crippen LogP) is 2.07. The highest BCUT2D eigenvalue weighted by molar-refractivity contribution is 5.75. The number of amides is 2. The molecule has 0 spiro atoms. The first-order chi connectivity index (χ1) is 8.49. The van der Waals surface area contributed by atoms with Crippen molar-refractivity contribution in [1.82, 2.24) is 10.2 Å². The van der Waals surface area contributed by atoms with Crippen molar-refractivity contribution >= 4 is 12.0 Å². The number of carboxylic acids is 1. The Bertz CT molecular complexity index is 307. The first kappa shape index (κ1) is 14.8. The molecule has 2 amide bonds. The molecular formula is C13H24N2O3. The number of hydrogen-bond acceptors (Lipinski definition) is 2. The average molecular weight is 256 g/mol. The maximum Gasteiger partial charge on any atom is 0.317 e. The van der Waals surface area contributed by atoms with Crippen LogP contribution in [-0.2, 0) is 4.79 Å². The number of urea groups is 1. The van der Waals surface area contributed by atoms with Crippen LogP contribution in [0.5, 0.6) is 0 Å². The van der Waals surface area contributed by atoms with Gasteiger partial charge in [-0.3, -0.25) is 4.79 Å². The first-order valence-electron chi connectivity index (χ1n) is 6.79. The quantitative estimate of drug-likeness (QED) is 0.791. The molecule has 0 bridgehead atoms. The predicted molar refractivity (Wildman–Crippen MR) is 69.4 cm³/mol. The molecule has 0 aromatic carbocycles. The average Bonchev–Trinajstić information content (AvgIpc) is 2.78. The van der Waals surface area contributed by atoms with Crippen LogP contribution in [0.2, 0.25) is 0 Å². The molecule has 18 heavy (non-hydrogen) atoms. The van der Waals surface area contributed by atoms with Gasteiger partial charge in [-0.1, -0.05) is 6.92 Å². The molecular weight excluding hydrogens is 232 g/mol. The minimum absolute atomic E-state index is 0.0108. The lowest BCUT2D eigenvalue weighted by molar-refractivity contribution is -0.141. The van der Waals surface area contributed by atoms with Gasteiger partial charge in [0, 0.05) is 18.6 Å². The highest BCUT2D eigenvalue weighted by Gasteiger charge is 2.31. The van der Waals surface area contributed by atoms with Crippen LogP contribution in [0.25, 0.3) is 0 Å². The molecule has 0 saturated heterocycles. The van der Waals surface area contributed by atoms with E-state index in [1.807, 2.05) is 13.8 Å². The smallest absolute Gasteiger partial charge is 0.317 e. The molecule has 1 fully saturated rings. The molecule has 5 nitrogen and oxygen atoms in total. The van der Waals surface area contributed by atoms with Crippen LogP contribution in [-0.4, -0.2) is 40.6 Å². The molecule has 0 radical (unpaired) electrons. The summed E-state index contributed by atoms with van der Waals surface area (Å²) in [6, 6.07) is 0.159. The van der Waals surface area contributed by atoms with E-state index in [0.717, 1.165) is 12.8 Å². The Balaban J connectivity index is 2.47. The number of carboxylic acid groups (broad SMARTS) is 1. The maximum absolute atomic E-state index is 12.1. The van der Waals surface area contributed by atoms with Crippen molar-refractivity contribution in [2.24, 2.45) is 5.92 Å². The Labute approximate surface area is 109 Å². The van der Waals surface area contributed by atoms with Gasteiger partial charge in [-0.05, 0) is 39.5 Å². The number of hydrogen-bond donors (Lipinski definition) is 2. The van der Waals surface area contributed by atoms with Crippen molar-refractivity contribution in [3.05, 3.63) is 0 Å². The van der Waals surface area contributed by atoms with Crippen molar-refractivity contribution < 1.29 is 14.7 Å². The second-order valence-electron chi connectivity index (χ2n) is 5.04. The fourth-order valence-electron chi connectivity index (χ4n) is 2.47. The van der Waals surface area contributed by atoms with Crippen molar-refractivity contribution in [2.75, 3.05) is 6.54 Å². The summed E-state index contributed by atoms with van der Waals surface area (Å²) >= 11 is 0. The molecule has 0 heterocycles. The number of nitrogens with one attached hydrogen (secondary N) is 1. The van der Waals surface area contributed by atoms with E-state index >= 15 is 0 Å². The van der Waals surface area contributed by atoms with Gasteiger partial charge in [-0.2, -0.15) is 0 Å². The van der Waals surface area contributed by atoms with Crippen LogP contribution in [0.3, 0.4) is 0 Å². The van der Waals surface area contributed by atoms with Gasteiger partial charge in [0.1, 0.15) is 0 Å². The normalized spacial score (nSPS) is 24.6. The summed E-state index contributed by atoms with van der Waals surface area (Å²) in [5, 5.41) is 11.9. The number of nitrogens with zero attached hydrogens (tertiary/aromatic N) is 1. The topological polar surface area (TPSA) is 69.6 Å². The summed E-state index contributed by atoms with van der Waals surface area (Å²) in [6.45, 7) is 6.71. The summed E-state index contributed by atoms with van der Waals surface area (Å²) in [7, 11) is 0. The van der Waals surface area contributed by atoms with Crippen LogP contribution in [0, 0.1) is 5.92 Å². The van der Waals surface area contributed by atoms with Crippen molar-refractivity contribution in [2.45, 2.75) is 58.5 Å². The van der Waals surface area contributed by atoms with Gasteiger partial charge < -0.3 is 15.3 Å². The zero-order valence-corrected chi connectivity index (χ0v) is 11.5. The van der Waals surface area contributed by atoms with Gasteiger partial charge in [0.05, 0.1) is 5.92 Å². The molecule has 0 aliphatic heterocycles. The van der Waals surface area contributed by atoms with E-state index in [1.54, 1.807) is 4.90 Å². The second-order valence-corrected chi connectivity index (χ2v) is 5.04. The molecule has 1 rings (SSSR count). The lowest BCUT2D eigenvalue weighted by atomic mass is 10.1. The summed E-state index contributed by atoms with van der Waals surface area (Å²) in [5.74, 6) is -1.05. The highest BCUT2D eigenvalue weighted by Crippen LogP contribution is 2.25. The zero-order valence-electron chi connectivity index (χ0n) is 11.5. The van der Waals surface area contributed by atoms with E-state index in [2.05, 4.69) is 12.2 Å². The van der Waals surface area contributed by atoms with Crippen LogP contribution < -0.4 is 5.32 Å². The summed E-state index contributed by atoms with van der Waals surface area (Å²) in [4.78, 5) is 24.7. The van der Waals surface area contributed by atoms with Crippen LogP contribution in [0.1, 0.15) is 46.5 Å². The van der Waals surface area contributed by atoms with Crippen molar-refractivity contribution in [3.8, 4) is 0 Å². The largest absolute Gasteiger partial charge is 0.481 e. The first-order valence-corrected chi connectivity index (χ1v) is 6.79. The lowest BCUT2D eigenvalue weighted by Crippen LogP contribution is -2.47. The van der Waals surface area contributed by atoms with Gasteiger partial charge >= 0.3 is 12.0 Å². The molecule has 1 aliphatic carbocycles. The number of aliphatic carboxylic acids is 1. The standard InChI is InChI=1S/C13H24N2O3/c1-4-9(3)15(5-2)13(18)14-11-7-6-10(8-11)12(16)17/h9-11H,4-8H2,1-3H3,(H,14,18)(H,16,17)/t9?,10-,11+/m1/s1. The fourth-order valence-corrected chi connectivity index (χ4v) is 2.47. The van der Waals surface area contributed by atoms with Crippen LogP contribution >= 0.6 is 0 Å². The summed E-state index contributed by atoms with van der Waals surface area (Å²) in [6.07, 6.45) is 2.90. The van der Waals surface area contributed by atoms with Gasteiger partial charge in [0.2, 0.25) is 0 Å². The third-order valence-corrected chi connectivity index (χ3v) is 3.83. The Hall–Kier alpha value is -1.26. The maximum atomic E-state index is 12.1. The third kappa shape index (κ3) is 3.62. The van der Waals surface area contributed by atoms with E-state index in [4.69, 9.17) is 5.11 Å². The molecule has 5 heteroatoms. The zero-order chi connectivity index (χ0) is 13.7. The van der Waals surface area contributed by atoms with Crippen molar-refractivity contribution in [3.63, 3.8) is 0 Å². The fraction of sp³-hybridized carbons (Fsp3) is 0.846. The van der Waals surface area contributed by atoms with Gasteiger partial charge in [-0.25, -0.2) is 4.79 Å². The number of carbonyl (C=O) groups excluding carboxylic acids is 1. The minimum atomic E-state index is -0.749. The molecule has 0 aromatic heterocycles. The Morgan fingerprint density at radius 1 is 1.39 bits per heavy atom. The van der Waals surface area contributed by atoms with E-state index in [-0.39, 0.29) is 24.0 Å². The minimum Gasteiger partial charge on any atom is -0.481 e. The van der Waals surface area contributed by atoms with E-state index in [1.165, 1.54) is 0 Å². The molecule has 3 atom stereocenters.